The monoisotopic (exact) mass is 388 g/mol. The van der Waals surface area contributed by atoms with E-state index in [2.05, 4.69) is 0 Å². The number of carbonyl (C=O) groups is 2. The Kier molecular flexibility index (Phi) is 7.31. The molecule has 8 heteroatoms. The lowest BCUT2D eigenvalue weighted by Gasteiger charge is -2.39. The van der Waals surface area contributed by atoms with E-state index in [0.717, 1.165) is 0 Å². The fourth-order valence-electron chi connectivity index (χ4n) is 2.19. The van der Waals surface area contributed by atoms with Crippen molar-refractivity contribution in [3.63, 3.8) is 0 Å². The minimum absolute atomic E-state index is 0.111. The molecule has 0 radical (unpaired) electrons. The molecular formula is C14H20Cl4N2O2. The van der Waals surface area contributed by atoms with Crippen LogP contribution in [0.2, 0.25) is 0 Å². The summed E-state index contributed by atoms with van der Waals surface area (Å²) in [5.41, 5.74) is 0.281. The maximum absolute atomic E-state index is 12.5. The molecule has 0 saturated carbocycles. The zero-order chi connectivity index (χ0) is 17.2. The number of carbonyl (C=O) groups excluding carboxylic acids is 2. The van der Waals surface area contributed by atoms with Gasteiger partial charge in [-0.25, -0.2) is 0 Å². The van der Waals surface area contributed by atoms with Crippen molar-refractivity contribution in [2.24, 2.45) is 11.8 Å². The van der Waals surface area contributed by atoms with Crippen LogP contribution in [0.15, 0.2) is 11.8 Å². The molecule has 0 N–H and O–H groups in total. The van der Waals surface area contributed by atoms with E-state index in [0.29, 0.717) is 6.42 Å². The van der Waals surface area contributed by atoms with Crippen LogP contribution >= 0.6 is 46.4 Å². The number of rotatable bonds is 5. The van der Waals surface area contributed by atoms with Gasteiger partial charge in [0.25, 0.3) is 5.91 Å². The zero-order valence-electron chi connectivity index (χ0n) is 12.9. The largest absolute Gasteiger partial charge is 0.328 e. The number of likely N-dealkylation sites (N-methyl/N-ethyl adjacent to an activating group) is 2. The molecular weight excluding hydrogens is 370 g/mol. The van der Waals surface area contributed by atoms with Gasteiger partial charge >= 0.3 is 0 Å². The van der Waals surface area contributed by atoms with Crippen molar-refractivity contribution in [1.29, 1.82) is 0 Å². The summed E-state index contributed by atoms with van der Waals surface area (Å²) in [7, 11) is 3.17. The van der Waals surface area contributed by atoms with Crippen LogP contribution < -0.4 is 0 Å². The van der Waals surface area contributed by atoms with Crippen molar-refractivity contribution in [3.05, 3.63) is 11.8 Å². The van der Waals surface area contributed by atoms with Gasteiger partial charge in [-0.2, -0.15) is 0 Å². The SMILES string of the molecule is C[C@@H](/C=C1/C(=O)N(C)C(C[C@H](C)C(Cl)Cl)C(=O)N1C)C(Cl)Cl. The predicted octanol–water partition coefficient (Wildman–Crippen LogP) is 3.44. The third-order valence-electron chi connectivity index (χ3n) is 3.83. The number of alkyl halides is 4. The van der Waals surface area contributed by atoms with Gasteiger partial charge in [-0.1, -0.05) is 13.8 Å². The molecule has 1 saturated heterocycles. The van der Waals surface area contributed by atoms with Crippen LogP contribution in [-0.2, 0) is 9.59 Å². The van der Waals surface area contributed by atoms with E-state index in [1.165, 1.54) is 9.80 Å². The minimum Gasteiger partial charge on any atom is -0.328 e. The minimum atomic E-state index is -0.653. The average molecular weight is 390 g/mol. The highest BCUT2D eigenvalue weighted by atomic mass is 35.5. The first-order valence-corrected chi connectivity index (χ1v) is 8.65. The second kappa shape index (κ2) is 8.09. The third-order valence-corrected chi connectivity index (χ3v) is 5.48. The summed E-state index contributed by atoms with van der Waals surface area (Å²) in [6.45, 7) is 3.62. The van der Waals surface area contributed by atoms with Crippen LogP contribution in [0.25, 0.3) is 0 Å². The molecule has 2 amide bonds. The zero-order valence-corrected chi connectivity index (χ0v) is 15.9. The molecule has 126 valence electrons. The first-order chi connectivity index (χ1) is 10.1. The Labute approximate surface area is 151 Å². The molecule has 1 heterocycles. The summed E-state index contributed by atoms with van der Waals surface area (Å²) in [4.78, 5) is 26.6. The van der Waals surface area contributed by atoms with Gasteiger partial charge in [0.1, 0.15) is 21.4 Å². The fraction of sp³-hybridized carbons (Fsp3) is 0.714. The normalized spacial score (nSPS) is 24.6. The predicted molar refractivity (Wildman–Crippen MR) is 91.3 cm³/mol. The molecule has 0 aromatic heterocycles. The molecule has 1 aliphatic heterocycles. The molecule has 0 bridgehead atoms. The second-order valence-electron chi connectivity index (χ2n) is 5.62. The van der Waals surface area contributed by atoms with Gasteiger partial charge in [-0.15, -0.1) is 46.4 Å². The Morgan fingerprint density at radius 1 is 1.09 bits per heavy atom. The summed E-state index contributed by atoms with van der Waals surface area (Å²) < 4.78 is 0. The second-order valence-corrected chi connectivity index (χ2v) is 7.95. The summed E-state index contributed by atoms with van der Waals surface area (Å²) in [5.74, 6) is -0.792. The van der Waals surface area contributed by atoms with Gasteiger partial charge in [0, 0.05) is 20.0 Å². The molecule has 0 aromatic rings. The molecule has 1 rings (SSSR count). The number of hydrogen-bond acceptors (Lipinski definition) is 2. The Bertz CT molecular complexity index is 468. The first kappa shape index (κ1) is 19.9. The molecule has 22 heavy (non-hydrogen) atoms. The van der Waals surface area contributed by atoms with Crippen LogP contribution in [0, 0.1) is 11.8 Å². The number of allylic oxidation sites excluding steroid dienone is 1. The standard InChI is InChI=1S/C14H20Cl4N2O2/c1-7(11(15)16)5-9-13(21)20(4)10(14(22)19(9)3)6-8(2)12(17)18/h5,7-8,10-12H,6H2,1-4H3/b9-5-/t7-,8-,10?/m0/s1. The van der Waals surface area contributed by atoms with Gasteiger partial charge < -0.3 is 9.80 Å². The molecule has 3 atom stereocenters. The number of halogens is 4. The lowest BCUT2D eigenvalue weighted by molar-refractivity contribution is -0.149. The van der Waals surface area contributed by atoms with E-state index in [4.69, 9.17) is 46.4 Å². The number of amides is 2. The van der Waals surface area contributed by atoms with E-state index in [9.17, 15) is 9.59 Å². The van der Waals surface area contributed by atoms with Gasteiger partial charge in [0.15, 0.2) is 0 Å². The van der Waals surface area contributed by atoms with Gasteiger partial charge in [-0.3, -0.25) is 9.59 Å². The lowest BCUT2D eigenvalue weighted by Crippen LogP contribution is -2.56. The summed E-state index contributed by atoms with van der Waals surface area (Å²) >= 11 is 23.3. The molecule has 0 spiro atoms. The van der Waals surface area contributed by atoms with Gasteiger partial charge in [0.2, 0.25) is 5.91 Å². The summed E-state index contributed by atoms with van der Waals surface area (Å²) in [6, 6.07) is -0.581. The highest BCUT2D eigenvalue weighted by Gasteiger charge is 2.40. The maximum atomic E-state index is 12.5. The smallest absolute Gasteiger partial charge is 0.270 e. The highest BCUT2D eigenvalue weighted by molar-refractivity contribution is 6.44. The summed E-state index contributed by atoms with van der Waals surface area (Å²) in [5, 5.41) is 0. The fourth-order valence-corrected chi connectivity index (χ4v) is 2.54. The Balaban J connectivity index is 3.02. The van der Waals surface area contributed by atoms with Crippen LogP contribution in [0.4, 0.5) is 0 Å². The van der Waals surface area contributed by atoms with Crippen LogP contribution in [0.5, 0.6) is 0 Å². The van der Waals surface area contributed by atoms with Crippen molar-refractivity contribution < 1.29 is 9.59 Å². The van der Waals surface area contributed by atoms with Gasteiger partial charge in [-0.05, 0) is 18.4 Å². The Morgan fingerprint density at radius 3 is 2.09 bits per heavy atom. The van der Waals surface area contributed by atoms with E-state index in [1.54, 1.807) is 27.1 Å². The summed E-state index contributed by atoms with van der Waals surface area (Å²) in [6.07, 6.45) is 2.02. The quantitative estimate of drug-likeness (QED) is 0.533. The van der Waals surface area contributed by atoms with Crippen LogP contribution in [0.1, 0.15) is 20.3 Å². The van der Waals surface area contributed by atoms with Crippen molar-refractivity contribution >= 4 is 58.2 Å². The van der Waals surface area contributed by atoms with Crippen molar-refractivity contribution in [3.8, 4) is 0 Å². The first-order valence-electron chi connectivity index (χ1n) is 6.90. The van der Waals surface area contributed by atoms with E-state index < -0.39 is 15.7 Å². The van der Waals surface area contributed by atoms with Crippen LogP contribution in [0.3, 0.4) is 0 Å². The molecule has 0 aromatic carbocycles. The average Bonchev–Trinajstić information content (AvgIpc) is 2.45. The maximum Gasteiger partial charge on any atom is 0.270 e. The number of hydrogen-bond donors (Lipinski definition) is 0. The Morgan fingerprint density at radius 2 is 1.64 bits per heavy atom. The number of nitrogens with zero attached hydrogens (tertiary/aromatic N) is 2. The molecule has 0 aliphatic carbocycles. The van der Waals surface area contributed by atoms with E-state index in [-0.39, 0.29) is 29.3 Å². The van der Waals surface area contributed by atoms with Crippen molar-refractivity contribution in [2.45, 2.75) is 36.0 Å². The highest BCUT2D eigenvalue weighted by Crippen LogP contribution is 2.28. The Hall–Kier alpha value is -0.160. The molecule has 1 unspecified atom stereocenters. The molecule has 1 aliphatic rings. The van der Waals surface area contributed by atoms with E-state index >= 15 is 0 Å². The van der Waals surface area contributed by atoms with Crippen molar-refractivity contribution in [1.82, 2.24) is 9.80 Å². The van der Waals surface area contributed by atoms with Gasteiger partial charge in [0.05, 0.1) is 0 Å². The van der Waals surface area contributed by atoms with E-state index in [1.807, 2.05) is 6.92 Å². The number of piperazine rings is 1. The van der Waals surface area contributed by atoms with Crippen molar-refractivity contribution in [2.75, 3.05) is 14.1 Å². The van der Waals surface area contributed by atoms with Crippen LogP contribution in [-0.4, -0.2) is 51.4 Å². The topological polar surface area (TPSA) is 40.6 Å². The lowest BCUT2D eigenvalue weighted by atomic mass is 9.97. The third kappa shape index (κ3) is 4.44. The molecule has 4 nitrogen and oxygen atoms in total. The molecule has 1 fully saturated rings.